The van der Waals surface area contributed by atoms with E-state index in [1.165, 1.54) is 5.56 Å². The molecule has 0 radical (unpaired) electrons. The molecule has 0 aliphatic rings. The smallest absolute Gasteiger partial charge is 0.251 e. The molecule has 0 fully saturated rings. The minimum Gasteiger partial charge on any atom is -0.381 e. The SMILES string of the molecule is CNC(=O)c1ccc(NCc2ccsc2)c(C)c1. The van der Waals surface area contributed by atoms with E-state index >= 15 is 0 Å². The Morgan fingerprint density at radius 2 is 2.17 bits per heavy atom. The molecule has 2 N–H and O–H groups in total. The number of carbonyl (C=O) groups excluding carboxylic acids is 1. The van der Waals surface area contributed by atoms with Gasteiger partial charge in [0.25, 0.3) is 5.91 Å². The standard InChI is InChI=1S/C14H16N2OS/c1-10-7-12(14(17)15-2)3-4-13(10)16-8-11-5-6-18-9-11/h3-7,9,16H,8H2,1-2H3,(H,15,17). The Labute approximate surface area is 111 Å². The molecule has 0 aliphatic carbocycles. The summed E-state index contributed by atoms with van der Waals surface area (Å²) in [6.07, 6.45) is 0. The Balaban J connectivity index is 2.08. The third-order valence-corrected chi connectivity index (χ3v) is 3.51. The number of nitrogens with one attached hydrogen (secondary N) is 2. The molecule has 0 atom stereocenters. The molecule has 1 aromatic carbocycles. The molecular weight excluding hydrogens is 244 g/mol. The van der Waals surface area contributed by atoms with Gasteiger partial charge in [-0.2, -0.15) is 11.3 Å². The molecule has 0 spiro atoms. The fraction of sp³-hybridized carbons (Fsp3) is 0.214. The summed E-state index contributed by atoms with van der Waals surface area (Å²) in [7, 11) is 1.64. The normalized spacial score (nSPS) is 10.1. The highest BCUT2D eigenvalue weighted by molar-refractivity contribution is 7.07. The van der Waals surface area contributed by atoms with E-state index in [-0.39, 0.29) is 5.91 Å². The van der Waals surface area contributed by atoms with Crippen LogP contribution in [0.15, 0.2) is 35.0 Å². The third kappa shape index (κ3) is 2.90. The van der Waals surface area contributed by atoms with Crippen LogP contribution in [0.4, 0.5) is 5.69 Å². The van der Waals surface area contributed by atoms with Gasteiger partial charge in [0.15, 0.2) is 0 Å². The number of amides is 1. The fourth-order valence-corrected chi connectivity index (χ4v) is 2.41. The average Bonchev–Trinajstić information content (AvgIpc) is 2.89. The van der Waals surface area contributed by atoms with Crippen molar-refractivity contribution in [3.8, 4) is 0 Å². The number of aryl methyl sites for hydroxylation is 1. The van der Waals surface area contributed by atoms with Gasteiger partial charge in [-0.05, 0) is 53.1 Å². The number of rotatable bonds is 4. The number of hydrogen-bond donors (Lipinski definition) is 2. The van der Waals surface area contributed by atoms with Crippen molar-refractivity contribution in [3.63, 3.8) is 0 Å². The van der Waals surface area contributed by atoms with E-state index in [2.05, 4.69) is 27.5 Å². The van der Waals surface area contributed by atoms with Gasteiger partial charge < -0.3 is 10.6 Å². The molecule has 1 heterocycles. The third-order valence-electron chi connectivity index (χ3n) is 2.78. The lowest BCUT2D eigenvalue weighted by atomic mass is 10.1. The minimum atomic E-state index is -0.0533. The van der Waals surface area contributed by atoms with E-state index in [4.69, 9.17) is 0 Å². The first-order chi connectivity index (χ1) is 8.70. The minimum absolute atomic E-state index is 0.0533. The van der Waals surface area contributed by atoms with Crippen LogP contribution >= 0.6 is 11.3 Å². The molecule has 0 unspecified atom stereocenters. The van der Waals surface area contributed by atoms with Crippen molar-refractivity contribution in [2.75, 3.05) is 12.4 Å². The van der Waals surface area contributed by atoms with Gasteiger partial charge >= 0.3 is 0 Å². The van der Waals surface area contributed by atoms with Gasteiger partial charge in [0.2, 0.25) is 0 Å². The first kappa shape index (κ1) is 12.6. The monoisotopic (exact) mass is 260 g/mol. The highest BCUT2D eigenvalue weighted by Gasteiger charge is 2.05. The van der Waals surface area contributed by atoms with Crippen LogP contribution in [0.2, 0.25) is 0 Å². The van der Waals surface area contributed by atoms with Crippen LogP contribution in [0, 0.1) is 6.92 Å². The van der Waals surface area contributed by atoms with Gasteiger partial charge in [-0.25, -0.2) is 0 Å². The van der Waals surface area contributed by atoms with Crippen LogP contribution in [0.5, 0.6) is 0 Å². The summed E-state index contributed by atoms with van der Waals surface area (Å²) >= 11 is 1.70. The van der Waals surface area contributed by atoms with Crippen molar-refractivity contribution in [2.45, 2.75) is 13.5 Å². The van der Waals surface area contributed by atoms with E-state index in [0.717, 1.165) is 17.8 Å². The van der Waals surface area contributed by atoms with Crippen molar-refractivity contribution < 1.29 is 4.79 Å². The van der Waals surface area contributed by atoms with Crippen molar-refractivity contribution in [2.24, 2.45) is 0 Å². The lowest BCUT2D eigenvalue weighted by molar-refractivity contribution is 0.0963. The fourth-order valence-electron chi connectivity index (χ4n) is 1.74. The Morgan fingerprint density at radius 1 is 1.33 bits per heavy atom. The molecule has 0 saturated carbocycles. The average molecular weight is 260 g/mol. The Hall–Kier alpha value is -1.81. The summed E-state index contributed by atoms with van der Waals surface area (Å²) in [6, 6.07) is 7.79. The molecule has 2 rings (SSSR count). The van der Waals surface area contributed by atoms with E-state index in [1.807, 2.05) is 25.1 Å². The summed E-state index contributed by atoms with van der Waals surface area (Å²) in [4.78, 5) is 11.5. The van der Waals surface area contributed by atoms with Crippen LogP contribution in [-0.2, 0) is 6.54 Å². The first-order valence-electron chi connectivity index (χ1n) is 5.78. The summed E-state index contributed by atoms with van der Waals surface area (Å²) in [6.45, 7) is 2.81. The number of benzene rings is 1. The van der Waals surface area contributed by atoms with Crippen molar-refractivity contribution in [3.05, 3.63) is 51.7 Å². The van der Waals surface area contributed by atoms with Crippen molar-refractivity contribution in [1.82, 2.24) is 5.32 Å². The van der Waals surface area contributed by atoms with Crippen molar-refractivity contribution >= 4 is 22.9 Å². The largest absolute Gasteiger partial charge is 0.381 e. The molecule has 4 heteroatoms. The predicted octanol–water partition coefficient (Wildman–Crippen LogP) is 3.03. The highest BCUT2D eigenvalue weighted by Crippen LogP contribution is 2.18. The summed E-state index contributed by atoms with van der Waals surface area (Å²) < 4.78 is 0. The molecule has 3 nitrogen and oxygen atoms in total. The van der Waals surface area contributed by atoms with E-state index in [1.54, 1.807) is 18.4 Å². The summed E-state index contributed by atoms with van der Waals surface area (Å²) in [5.74, 6) is -0.0533. The molecule has 0 bridgehead atoms. The van der Waals surface area contributed by atoms with Crippen LogP contribution in [0.3, 0.4) is 0 Å². The zero-order valence-electron chi connectivity index (χ0n) is 10.5. The predicted molar refractivity (Wildman–Crippen MR) is 76.2 cm³/mol. The second-order valence-corrected chi connectivity index (χ2v) is 4.87. The van der Waals surface area contributed by atoms with Gasteiger partial charge in [0.05, 0.1) is 0 Å². The van der Waals surface area contributed by atoms with Crippen LogP contribution < -0.4 is 10.6 Å². The lowest BCUT2D eigenvalue weighted by Gasteiger charge is -2.10. The summed E-state index contributed by atoms with van der Waals surface area (Å²) in [5.41, 5.74) is 4.10. The molecule has 0 aliphatic heterocycles. The summed E-state index contributed by atoms with van der Waals surface area (Å²) in [5, 5.41) is 10.2. The Morgan fingerprint density at radius 3 is 2.78 bits per heavy atom. The highest BCUT2D eigenvalue weighted by atomic mass is 32.1. The number of carbonyl (C=O) groups is 1. The van der Waals surface area contributed by atoms with Gasteiger partial charge in [0, 0.05) is 24.8 Å². The number of hydrogen-bond acceptors (Lipinski definition) is 3. The van der Waals surface area contributed by atoms with Crippen LogP contribution in [0.1, 0.15) is 21.5 Å². The molecule has 1 aromatic heterocycles. The topological polar surface area (TPSA) is 41.1 Å². The maximum atomic E-state index is 11.5. The molecule has 0 saturated heterocycles. The lowest BCUT2D eigenvalue weighted by Crippen LogP contribution is -2.17. The molecule has 2 aromatic rings. The quantitative estimate of drug-likeness (QED) is 0.887. The van der Waals surface area contributed by atoms with Gasteiger partial charge in [-0.15, -0.1) is 0 Å². The van der Waals surface area contributed by atoms with E-state index in [9.17, 15) is 4.79 Å². The Kier molecular flexibility index (Phi) is 3.99. The number of thiophene rings is 1. The molecule has 18 heavy (non-hydrogen) atoms. The van der Waals surface area contributed by atoms with Gasteiger partial charge in [0.1, 0.15) is 0 Å². The maximum absolute atomic E-state index is 11.5. The second kappa shape index (κ2) is 5.69. The van der Waals surface area contributed by atoms with Gasteiger partial charge in [-0.1, -0.05) is 0 Å². The van der Waals surface area contributed by atoms with Crippen LogP contribution in [-0.4, -0.2) is 13.0 Å². The molecule has 1 amide bonds. The first-order valence-corrected chi connectivity index (χ1v) is 6.72. The number of anilines is 1. The molecule has 94 valence electrons. The second-order valence-electron chi connectivity index (χ2n) is 4.09. The van der Waals surface area contributed by atoms with E-state index < -0.39 is 0 Å². The van der Waals surface area contributed by atoms with Crippen LogP contribution in [0.25, 0.3) is 0 Å². The Bertz CT molecular complexity index is 535. The molecular formula is C14H16N2OS. The zero-order valence-corrected chi connectivity index (χ0v) is 11.3. The maximum Gasteiger partial charge on any atom is 0.251 e. The van der Waals surface area contributed by atoms with Crippen molar-refractivity contribution in [1.29, 1.82) is 0 Å². The zero-order chi connectivity index (χ0) is 13.0. The van der Waals surface area contributed by atoms with E-state index in [0.29, 0.717) is 5.56 Å². The van der Waals surface area contributed by atoms with Gasteiger partial charge in [-0.3, -0.25) is 4.79 Å².